The van der Waals surface area contributed by atoms with Crippen molar-refractivity contribution in [2.75, 3.05) is 0 Å². The lowest BCUT2D eigenvalue weighted by Crippen LogP contribution is -2.21. The first-order chi connectivity index (χ1) is 7.25. The van der Waals surface area contributed by atoms with Crippen molar-refractivity contribution in [3.05, 3.63) is 0 Å². The Morgan fingerprint density at radius 3 is 2.00 bits per heavy atom. The molecule has 1 nitrogen and oxygen atoms in total. The van der Waals surface area contributed by atoms with Crippen molar-refractivity contribution in [3.8, 4) is 0 Å². The standard InChI is InChI=1S/C14H24O/c1-11(15)14-8-6-13(7-9-14)10-12-4-2-3-5-12/h12-14H,2-10H2,1H3. The quantitative estimate of drug-likeness (QED) is 0.686. The Labute approximate surface area is 93.6 Å². The van der Waals surface area contributed by atoms with E-state index in [4.69, 9.17) is 0 Å². The number of carbonyl (C=O) groups is 1. The molecule has 2 aliphatic rings. The Morgan fingerprint density at radius 2 is 1.47 bits per heavy atom. The Bertz CT molecular complexity index is 207. The molecule has 0 amide bonds. The summed E-state index contributed by atoms with van der Waals surface area (Å²) in [6, 6.07) is 0. The lowest BCUT2D eigenvalue weighted by molar-refractivity contribution is -0.121. The van der Waals surface area contributed by atoms with E-state index in [0.29, 0.717) is 11.7 Å². The minimum Gasteiger partial charge on any atom is -0.300 e. The van der Waals surface area contributed by atoms with Crippen molar-refractivity contribution in [1.82, 2.24) is 0 Å². The number of hydrogen-bond donors (Lipinski definition) is 0. The van der Waals surface area contributed by atoms with E-state index < -0.39 is 0 Å². The van der Waals surface area contributed by atoms with Gasteiger partial charge in [-0.25, -0.2) is 0 Å². The highest BCUT2D eigenvalue weighted by atomic mass is 16.1. The van der Waals surface area contributed by atoms with E-state index in [0.717, 1.165) is 11.8 Å². The van der Waals surface area contributed by atoms with Gasteiger partial charge in [0.2, 0.25) is 0 Å². The van der Waals surface area contributed by atoms with Crippen molar-refractivity contribution >= 4 is 5.78 Å². The molecule has 1 heteroatoms. The van der Waals surface area contributed by atoms with Crippen LogP contribution in [0.15, 0.2) is 0 Å². The SMILES string of the molecule is CC(=O)C1CCC(CC2CCCC2)CC1. The molecule has 0 aromatic rings. The molecule has 0 spiro atoms. The topological polar surface area (TPSA) is 17.1 Å². The fourth-order valence-electron chi connectivity index (χ4n) is 3.52. The van der Waals surface area contributed by atoms with Crippen LogP contribution in [0.5, 0.6) is 0 Å². The maximum Gasteiger partial charge on any atom is 0.132 e. The monoisotopic (exact) mass is 208 g/mol. The predicted molar refractivity (Wildman–Crippen MR) is 62.7 cm³/mol. The van der Waals surface area contributed by atoms with Gasteiger partial charge in [-0.15, -0.1) is 0 Å². The van der Waals surface area contributed by atoms with Crippen LogP contribution in [0.1, 0.15) is 64.7 Å². The van der Waals surface area contributed by atoms with E-state index in [-0.39, 0.29) is 0 Å². The second kappa shape index (κ2) is 5.14. The molecule has 0 atom stereocenters. The van der Waals surface area contributed by atoms with Crippen LogP contribution in [-0.2, 0) is 4.79 Å². The summed E-state index contributed by atoms with van der Waals surface area (Å²) < 4.78 is 0. The van der Waals surface area contributed by atoms with Crippen molar-refractivity contribution in [2.45, 2.75) is 64.7 Å². The lowest BCUT2D eigenvalue weighted by Gasteiger charge is -2.28. The van der Waals surface area contributed by atoms with Crippen LogP contribution in [0.25, 0.3) is 0 Å². The Kier molecular flexibility index (Phi) is 3.82. The molecule has 2 rings (SSSR count). The van der Waals surface area contributed by atoms with E-state index >= 15 is 0 Å². The first-order valence-electron chi connectivity index (χ1n) is 6.76. The van der Waals surface area contributed by atoms with Crippen LogP contribution in [0, 0.1) is 17.8 Å². The molecule has 0 N–H and O–H groups in total. The van der Waals surface area contributed by atoms with Crippen molar-refractivity contribution in [3.63, 3.8) is 0 Å². The highest BCUT2D eigenvalue weighted by Crippen LogP contribution is 2.37. The number of carbonyl (C=O) groups excluding carboxylic acids is 1. The van der Waals surface area contributed by atoms with Gasteiger partial charge in [0, 0.05) is 5.92 Å². The molecule has 86 valence electrons. The molecule has 0 aromatic heterocycles. The third kappa shape index (κ3) is 3.06. The minimum atomic E-state index is 0.407. The molecule has 0 aliphatic heterocycles. The van der Waals surface area contributed by atoms with Crippen molar-refractivity contribution in [2.24, 2.45) is 17.8 Å². The third-order valence-electron chi connectivity index (χ3n) is 4.56. The molecule has 0 heterocycles. The summed E-state index contributed by atoms with van der Waals surface area (Å²) in [7, 11) is 0. The van der Waals surface area contributed by atoms with Crippen LogP contribution in [-0.4, -0.2) is 5.78 Å². The van der Waals surface area contributed by atoms with Gasteiger partial charge in [-0.2, -0.15) is 0 Å². The molecule has 0 bridgehead atoms. The Morgan fingerprint density at radius 1 is 0.933 bits per heavy atom. The summed E-state index contributed by atoms with van der Waals surface area (Å²) in [6.07, 6.45) is 12.3. The zero-order valence-corrected chi connectivity index (χ0v) is 10.0. The molecule has 2 saturated carbocycles. The summed E-state index contributed by atoms with van der Waals surface area (Å²) in [5, 5.41) is 0. The molecule has 0 unspecified atom stereocenters. The fraction of sp³-hybridized carbons (Fsp3) is 0.929. The van der Waals surface area contributed by atoms with Crippen LogP contribution >= 0.6 is 0 Å². The average Bonchev–Trinajstić information content (AvgIpc) is 2.71. The maximum atomic E-state index is 11.3. The minimum absolute atomic E-state index is 0.407. The van der Waals surface area contributed by atoms with Crippen LogP contribution in [0.4, 0.5) is 0 Å². The van der Waals surface area contributed by atoms with Gasteiger partial charge in [0.15, 0.2) is 0 Å². The number of rotatable bonds is 3. The molecular weight excluding hydrogens is 184 g/mol. The van der Waals surface area contributed by atoms with Gasteiger partial charge in [-0.05, 0) is 50.9 Å². The first-order valence-corrected chi connectivity index (χ1v) is 6.76. The molecule has 0 saturated heterocycles. The summed E-state index contributed by atoms with van der Waals surface area (Å²) >= 11 is 0. The van der Waals surface area contributed by atoms with Gasteiger partial charge >= 0.3 is 0 Å². The van der Waals surface area contributed by atoms with Crippen molar-refractivity contribution in [1.29, 1.82) is 0 Å². The molecule has 0 aromatic carbocycles. The zero-order chi connectivity index (χ0) is 10.7. The van der Waals surface area contributed by atoms with Crippen molar-refractivity contribution < 1.29 is 4.79 Å². The van der Waals surface area contributed by atoms with Gasteiger partial charge in [-0.3, -0.25) is 4.79 Å². The molecule has 2 aliphatic carbocycles. The van der Waals surface area contributed by atoms with Crippen LogP contribution in [0.2, 0.25) is 0 Å². The smallest absolute Gasteiger partial charge is 0.132 e. The largest absolute Gasteiger partial charge is 0.300 e. The fourth-order valence-corrected chi connectivity index (χ4v) is 3.52. The van der Waals surface area contributed by atoms with E-state index in [1.807, 2.05) is 0 Å². The summed E-state index contributed by atoms with van der Waals surface area (Å²) in [4.78, 5) is 11.3. The number of ketones is 1. The third-order valence-corrected chi connectivity index (χ3v) is 4.56. The van der Waals surface area contributed by atoms with E-state index in [9.17, 15) is 4.79 Å². The second-order valence-corrected chi connectivity index (χ2v) is 5.71. The van der Waals surface area contributed by atoms with E-state index in [2.05, 4.69) is 0 Å². The van der Waals surface area contributed by atoms with Gasteiger partial charge in [0.1, 0.15) is 5.78 Å². The van der Waals surface area contributed by atoms with Crippen LogP contribution in [0.3, 0.4) is 0 Å². The normalized spacial score (nSPS) is 33.1. The van der Waals surface area contributed by atoms with Gasteiger partial charge in [-0.1, -0.05) is 25.7 Å². The summed E-state index contributed by atoms with van der Waals surface area (Å²) in [5.74, 6) is 2.81. The number of hydrogen-bond acceptors (Lipinski definition) is 1. The summed E-state index contributed by atoms with van der Waals surface area (Å²) in [6.45, 7) is 1.77. The number of Topliss-reactive ketones (excluding diaryl/α,β-unsaturated/α-hetero) is 1. The molecular formula is C14H24O. The highest BCUT2D eigenvalue weighted by Gasteiger charge is 2.26. The molecule has 0 radical (unpaired) electrons. The van der Waals surface area contributed by atoms with Gasteiger partial charge < -0.3 is 0 Å². The van der Waals surface area contributed by atoms with Gasteiger partial charge in [0.05, 0.1) is 0 Å². The Balaban J connectivity index is 1.71. The van der Waals surface area contributed by atoms with E-state index in [1.165, 1.54) is 57.8 Å². The maximum absolute atomic E-state index is 11.3. The average molecular weight is 208 g/mol. The first kappa shape index (κ1) is 11.2. The predicted octanol–water partition coefficient (Wildman–Crippen LogP) is 3.96. The molecule has 15 heavy (non-hydrogen) atoms. The Hall–Kier alpha value is -0.330. The lowest BCUT2D eigenvalue weighted by atomic mass is 9.76. The van der Waals surface area contributed by atoms with Gasteiger partial charge in [0.25, 0.3) is 0 Å². The molecule has 2 fully saturated rings. The highest BCUT2D eigenvalue weighted by molar-refractivity contribution is 5.78. The van der Waals surface area contributed by atoms with Crippen LogP contribution < -0.4 is 0 Å². The second-order valence-electron chi connectivity index (χ2n) is 5.71. The van der Waals surface area contributed by atoms with E-state index in [1.54, 1.807) is 6.92 Å². The zero-order valence-electron chi connectivity index (χ0n) is 10.0. The summed E-state index contributed by atoms with van der Waals surface area (Å²) in [5.41, 5.74) is 0.